The molecule has 0 spiro atoms. The summed E-state index contributed by atoms with van der Waals surface area (Å²) in [7, 11) is 1.57. The Morgan fingerprint density at radius 3 is 2.79 bits per heavy atom. The third-order valence-corrected chi connectivity index (χ3v) is 2.90. The average molecular weight is 279 g/mol. The highest BCUT2D eigenvalue weighted by molar-refractivity contribution is 6.32. The van der Waals surface area contributed by atoms with Gasteiger partial charge in [0.15, 0.2) is 11.5 Å². The molecule has 0 unspecified atom stereocenters. The highest BCUT2D eigenvalue weighted by Crippen LogP contribution is 2.36. The molecular weight excluding hydrogens is 264 g/mol. The molecule has 5 heteroatoms. The first kappa shape index (κ1) is 13.6. The number of aromatic nitrogens is 1. The van der Waals surface area contributed by atoms with Crippen LogP contribution in [0.3, 0.4) is 0 Å². The SMILES string of the molecule is COc1cc(CN)cc(Cl)c1OCc1ccccn1. The standard InChI is InChI=1S/C14H15ClN2O2/c1-18-13-7-10(8-16)6-12(15)14(13)19-9-11-4-2-3-5-17-11/h2-7H,8-9,16H2,1H3. The predicted octanol–water partition coefficient (Wildman–Crippen LogP) is 2.78. The first-order valence-corrected chi connectivity index (χ1v) is 6.21. The van der Waals surface area contributed by atoms with Crippen LogP contribution in [0.1, 0.15) is 11.3 Å². The van der Waals surface area contributed by atoms with Crippen molar-refractivity contribution in [3.63, 3.8) is 0 Å². The maximum absolute atomic E-state index is 6.18. The molecule has 0 saturated carbocycles. The van der Waals surface area contributed by atoms with E-state index in [1.807, 2.05) is 24.3 Å². The van der Waals surface area contributed by atoms with E-state index in [9.17, 15) is 0 Å². The summed E-state index contributed by atoms with van der Waals surface area (Å²) in [4.78, 5) is 4.18. The zero-order valence-electron chi connectivity index (χ0n) is 10.6. The van der Waals surface area contributed by atoms with Crippen molar-refractivity contribution in [2.75, 3.05) is 7.11 Å². The number of halogens is 1. The van der Waals surface area contributed by atoms with E-state index in [0.717, 1.165) is 11.3 Å². The molecule has 2 rings (SSSR count). The van der Waals surface area contributed by atoms with E-state index < -0.39 is 0 Å². The Kier molecular flexibility index (Phi) is 4.60. The first-order chi connectivity index (χ1) is 9.24. The van der Waals surface area contributed by atoms with Crippen LogP contribution in [-0.2, 0) is 13.2 Å². The number of benzene rings is 1. The maximum Gasteiger partial charge on any atom is 0.180 e. The summed E-state index contributed by atoms with van der Waals surface area (Å²) >= 11 is 6.18. The van der Waals surface area contributed by atoms with E-state index in [1.54, 1.807) is 19.4 Å². The van der Waals surface area contributed by atoms with Crippen LogP contribution in [0.5, 0.6) is 11.5 Å². The van der Waals surface area contributed by atoms with E-state index in [1.165, 1.54) is 0 Å². The predicted molar refractivity (Wildman–Crippen MR) is 74.5 cm³/mol. The number of nitrogens with zero attached hydrogens (tertiary/aromatic N) is 1. The minimum atomic E-state index is 0.332. The molecule has 1 aromatic heterocycles. The van der Waals surface area contributed by atoms with Crippen LogP contribution in [0.15, 0.2) is 36.5 Å². The summed E-state index contributed by atoms with van der Waals surface area (Å²) in [5, 5.41) is 0.482. The van der Waals surface area contributed by atoms with Crippen LogP contribution in [0.2, 0.25) is 5.02 Å². The molecule has 0 bridgehead atoms. The fourth-order valence-electron chi connectivity index (χ4n) is 1.66. The lowest BCUT2D eigenvalue weighted by Gasteiger charge is -2.13. The van der Waals surface area contributed by atoms with Crippen LogP contribution in [0, 0.1) is 0 Å². The summed E-state index contributed by atoms with van der Waals surface area (Å²) < 4.78 is 11.0. The average Bonchev–Trinajstić information content (AvgIpc) is 2.46. The minimum Gasteiger partial charge on any atom is -0.493 e. The number of nitrogens with two attached hydrogens (primary N) is 1. The van der Waals surface area contributed by atoms with Gasteiger partial charge in [0.05, 0.1) is 17.8 Å². The summed E-state index contributed by atoms with van der Waals surface area (Å²) in [6.07, 6.45) is 1.72. The van der Waals surface area contributed by atoms with Gasteiger partial charge >= 0.3 is 0 Å². The lowest BCUT2D eigenvalue weighted by atomic mass is 10.2. The smallest absolute Gasteiger partial charge is 0.180 e. The largest absolute Gasteiger partial charge is 0.493 e. The van der Waals surface area contributed by atoms with Gasteiger partial charge in [-0.05, 0) is 29.8 Å². The monoisotopic (exact) mass is 278 g/mol. The van der Waals surface area contributed by atoms with Crippen molar-refractivity contribution < 1.29 is 9.47 Å². The van der Waals surface area contributed by atoms with Gasteiger partial charge in [-0.15, -0.1) is 0 Å². The van der Waals surface area contributed by atoms with Crippen molar-refractivity contribution >= 4 is 11.6 Å². The molecule has 0 amide bonds. The van der Waals surface area contributed by atoms with Gasteiger partial charge in [-0.3, -0.25) is 4.98 Å². The zero-order valence-corrected chi connectivity index (χ0v) is 11.4. The van der Waals surface area contributed by atoms with E-state index in [0.29, 0.717) is 29.7 Å². The van der Waals surface area contributed by atoms with Gasteiger partial charge in [-0.25, -0.2) is 0 Å². The molecule has 2 aromatic rings. The van der Waals surface area contributed by atoms with Gasteiger partial charge in [-0.1, -0.05) is 17.7 Å². The van der Waals surface area contributed by atoms with Crippen molar-refractivity contribution in [1.82, 2.24) is 4.98 Å². The zero-order chi connectivity index (χ0) is 13.7. The maximum atomic E-state index is 6.18. The highest BCUT2D eigenvalue weighted by atomic mass is 35.5. The van der Waals surface area contributed by atoms with Crippen LogP contribution in [-0.4, -0.2) is 12.1 Å². The van der Waals surface area contributed by atoms with Gasteiger partial charge < -0.3 is 15.2 Å². The second kappa shape index (κ2) is 6.41. The third kappa shape index (κ3) is 3.36. The normalized spacial score (nSPS) is 10.3. The molecule has 1 heterocycles. The molecule has 2 N–H and O–H groups in total. The molecule has 0 atom stereocenters. The third-order valence-electron chi connectivity index (χ3n) is 2.62. The lowest BCUT2D eigenvalue weighted by molar-refractivity contribution is 0.280. The van der Waals surface area contributed by atoms with Gasteiger partial charge in [0.2, 0.25) is 0 Å². The van der Waals surface area contributed by atoms with Gasteiger partial charge in [0.1, 0.15) is 6.61 Å². The topological polar surface area (TPSA) is 57.4 Å². The minimum absolute atomic E-state index is 0.332. The Hall–Kier alpha value is -1.78. The van der Waals surface area contributed by atoms with Crippen molar-refractivity contribution in [3.05, 3.63) is 52.8 Å². The van der Waals surface area contributed by atoms with Gasteiger partial charge in [0.25, 0.3) is 0 Å². The fourth-order valence-corrected chi connectivity index (χ4v) is 1.95. The van der Waals surface area contributed by atoms with E-state index >= 15 is 0 Å². The van der Waals surface area contributed by atoms with Crippen molar-refractivity contribution in [1.29, 1.82) is 0 Å². The second-order valence-electron chi connectivity index (χ2n) is 3.92. The Morgan fingerprint density at radius 1 is 1.32 bits per heavy atom. The van der Waals surface area contributed by atoms with Crippen LogP contribution < -0.4 is 15.2 Å². The number of ether oxygens (including phenoxy) is 2. The molecule has 0 aliphatic heterocycles. The molecule has 0 saturated heterocycles. The number of methoxy groups -OCH3 is 1. The molecular formula is C14H15ClN2O2. The van der Waals surface area contributed by atoms with Crippen molar-refractivity contribution in [2.24, 2.45) is 5.73 Å². The Morgan fingerprint density at radius 2 is 2.16 bits per heavy atom. The number of hydrogen-bond acceptors (Lipinski definition) is 4. The quantitative estimate of drug-likeness (QED) is 0.914. The Labute approximate surface area is 117 Å². The van der Waals surface area contributed by atoms with Crippen molar-refractivity contribution in [2.45, 2.75) is 13.2 Å². The summed E-state index contributed by atoms with van der Waals surface area (Å²) in [5.41, 5.74) is 7.31. The van der Waals surface area contributed by atoms with Crippen molar-refractivity contribution in [3.8, 4) is 11.5 Å². The molecule has 0 fully saturated rings. The Bertz CT molecular complexity index is 547. The van der Waals surface area contributed by atoms with Gasteiger partial charge in [-0.2, -0.15) is 0 Å². The van der Waals surface area contributed by atoms with Crippen LogP contribution in [0.25, 0.3) is 0 Å². The summed E-state index contributed by atoms with van der Waals surface area (Å²) in [6, 6.07) is 9.24. The molecule has 0 aliphatic carbocycles. The van der Waals surface area contributed by atoms with E-state index in [4.69, 9.17) is 26.8 Å². The summed E-state index contributed by atoms with van der Waals surface area (Å²) in [6.45, 7) is 0.732. The number of rotatable bonds is 5. The molecule has 100 valence electrons. The Balaban J connectivity index is 2.20. The molecule has 1 aromatic carbocycles. The fraction of sp³-hybridized carbons (Fsp3) is 0.214. The first-order valence-electron chi connectivity index (χ1n) is 5.83. The molecule has 0 aliphatic rings. The molecule has 0 radical (unpaired) electrons. The van der Waals surface area contributed by atoms with Gasteiger partial charge in [0, 0.05) is 12.7 Å². The summed E-state index contributed by atoms with van der Waals surface area (Å²) in [5.74, 6) is 1.08. The highest BCUT2D eigenvalue weighted by Gasteiger charge is 2.12. The van der Waals surface area contributed by atoms with E-state index in [2.05, 4.69) is 4.98 Å². The lowest BCUT2D eigenvalue weighted by Crippen LogP contribution is -2.02. The molecule has 4 nitrogen and oxygen atoms in total. The number of hydrogen-bond donors (Lipinski definition) is 1. The number of pyridine rings is 1. The van der Waals surface area contributed by atoms with E-state index in [-0.39, 0.29) is 0 Å². The van der Waals surface area contributed by atoms with Crippen LogP contribution >= 0.6 is 11.6 Å². The second-order valence-corrected chi connectivity index (χ2v) is 4.33. The molecule has 19 heavy (non-hydrogen) atoms. The van der Waals surface area contributed by atoms with Crippen LogP contribution in [0.4, 0.5) is 0 Å².